The molecular weight excluding hydrogens is 332 g/mol. The lowest BCUT2D eigenvalue weighted by atomic mass is 10.2. The summed E-state index contributed by atoms with van der Waals surface area (Å²) in [7, 11) is 0. The number of piperazine rings is 1. The molecule has 23 heavy (non-hydrogen) atoms. The summed E-state index contributed by atoms with van der Waals surface area (Å²) in [5, 5.41) is 6.51. The summed E-state index contributed by atoms with van der Waals surface area (Å²) in [5.74, 6) is -0.0292. The number of hydrogen-bond acceptors (Lipinski definition) is 5. The lowest BCUT2D eigenvalue weighted by molar-refractivity contribution is -0.117. The molecule has 1 amide bonds. The maximum atomic E-state index is 12.2. The van der Waals surface area contributed by atoms with Crippen LogP contribution >= 0.6 is 22.9 Å². The largest absolute Gasteiger partial charge is 0.346 e. The van der Waals surface area contributed by atoms with Crippen LogP contribution in [0.1, 0.15) is 5.56 Å². The highest BCUT2D eigenvalue weighted by Gasteiger charge is 2.20. The van der Waals surface area contributed by atoms with Crippen LogP contribution in [0, 0.1) is 6.92 Å². The number of nitrogens with one attached hydrogen (secondary N) is 1. The number of hydrogen-bond donors (Lipinski definition) is 1. The molecule has 5 nitrogen and oxygen atoms in total. The van der Waals surface area contributed by atoms with Crippen molar-refractivity contribution < 1.29 is 4.79 Å². The molecule has 0 atom stereocenters. The van der Waals surface area contributed by atoms with E-state index in [2.05, 4.69) is 20.1 Å². The third-order valence-electron chi connectivity index (χ3n) is 3.83. The second-order valence-electron chi connectivity index (χ2n) is 5.61. The Morgan fingerprint density at radius 2 is 2.13 bits per heavy atom. The Morgan fingerprint density at radius 3 is 2.78 bits per heavy atom. The van der Waals surface area contributed by atoms with Crippen molar-refractivity contribution in [1.82, 2.24) is 9.88 Å². The summed E-state index contributed by atoms with van der Waals surface area (Å²) in [5.41, 5.74) is 1.75. The Morgan fingerprint density at radius 1 is 1.35 bits per heavy atom. The van der Waals surface area contributed by atoms with Gasteiger partial charge in [0.05, 0.1) is 17.3 Å². The molecule has 0 radical (unpaired) electrons. The van der Waals surface area contributed by atoms with Gasteiger partial charge in [-0.1, -0.05) is 17.7 Å². The Balaban J connectivity index is 1.49. The molecule has 1 N–H and O–H groups in total. The number of benzene rings is 1. The first-order chi connectivity index (χ1) is 11.1. The number of aryl methyl sites for hydroxylation is 1. The van der Waals surface area contributed by atoms with E-state index < -0.39 is 0 Å². The minimum Gasteiger partial charge on any atom is -0.346 e. The monoisotopic (exact) mass is 350 g/mol. The number of nitrogens with zero attached hydrogens (tertiary/aromatic N) is 3. The lowest BCUT2D eigenvalue weighted by Gasteiger charge is -2.34. The number of amides is 1. The van der Waals surface area contributed by atoms with Crippen molar-refractivity contribution in [3.05, 3.63) is 40.4 Å². The Kier molecular flexibility index (Phi) is 5.15. The Hall–Kier alpha value is -1.63. The zero-order valence-electron chi connectivity index (χ0n) is 13.0. The third kappa shape index (κ3) is 4.22. The van der Waals surface area contributed by atoms with Crippen molar-refractivity contribution in [3.63, 3.8) is 0 Å². The summed E-state index contributed by atoms with van der Waals surface area (Å²) in [6.45, 7) is 5.86. The van der Waals surface area contributed by atoms with E-state index in [9.17, 15) is 4.79 Å². The van der Waals surface area contributed by atoms with E-state index in [1.54, 1.807) is 11.3 Å². The van der Waals surface area contributed by atoms with Crippen molar-refractivity contribution in [1.29, 1.82) is 0 Å². The van der Waals surface area contributed by atoms with Gasteiger partial charge in [-0.2, -0.15) is 0 Å². The van der Waals surface area contributed by atoms with Gasteiger partial charge in [0.2, 0.25) is 5.91 Å². The number of anilines is 2. The predicted molar refractivity (Wildman–Crippen MR) is 95.6 cm³/mol. The minimum absolute atomic E-state index is 0.0292. The van der Waals surface area contributed by atoms with Gasteiger partial charge in [-0.3, -0.25) is 9.69 Å². The van der Waals surface area contributed by atoms with Crippen LogP contribution < -0.4 is 10.2 Å². The van der Waals surface area contributed by atoms with E-state index in [-0.39, 0.29) is 5.91 Å². The maximum absolute atomic E-state index is 12.2. The van der Waals surface area contributed by atoms with Crippen LogP contribution in [0.25, 0.3) is 0 Å². The molecule has 0 unspecified atom stereocenters. The third-order valence-corrected chi connectivity index (χ3v) is 4.97. The quantitative estimate of drug-likeness (QED) is 0.921. The normalized spacial score (nSPS) is 15.7. The molecule has 1 aliphatic rings. The van der Waals surface area contributed by atoms with Gasteiger partial charge in [-0.25, -0.2) is 4.98 Å². The van der Waals surface area contributed by atoms with Gasteiger partial charge in [-0.05, 0) is 24.6 Å². The van der Waals surface area contributed by atoms with Crippen LogP contribution in [0.4, 0.5) is 10.8 Å². The standard InChI is InChI=1S/C16H19ClN4OS/c1-12-2-3-14(13(17)10-12)19-15(22)11-20-5-7-21(8-6-20)16-18-4-9-23-16/h2-4,9-10H,5-8,11H2,1H3,(H,19,22). The maximum Gasteiger partial charge on any atom is 0.238 e. The molecule has 3 rings (SSSR count). The predicted octanol–water partition coefficient (Wildman–Crippen LogP) is 2.87. The molecule has 2 aromatic rings. The van der Waals surface area contributed by atoms with E-state index >= 15 is 0 Å². The van der Waals surface area contributed by atoms with E-state index in [1.807, 2.05) is 36.7 Å². The highest BCUT2D eigenvalue weighted by Crippen LogP contribution is 2.23. The van der Waals surface area contributed by atoms with Gasteiger partial charge >= 0.3 is 0 Å². The van der Waals surface area contributed by atoms with Crippen LogP contribution in [-0.4, -0.2) is 48.5 Å². The number of aromatic nitrogens is 1. The van der Waals surface area contributed by atoms with E-state index in [4.69, 9.17) is 11.6 Å². The van der Waals surface area contributed by atoms with Crippen LogP contribution in [0.2, 0.25) is 5.02 Å². The van der Waals surface area contributed by atoms with Crippen LogP contribution in [-0.2, 0) is 4.79 Å². The molecule has 1 fully saturated rings. The Labute approximate surface area is 144 Å². The van der Waals surface area contributed by atoms with Crippen molar-refractivity contribution in [2.24, 2.45) is 0 Å². The molecule has 0 saturated carbocycles. The number of carbonyl (C=O) groups excluding carboxylic acids is 1. The molecule has 2 heterocycles. The second kappa shape index (κ2) is 7.29. The second-order valence-corrected chi connectivity index (χ2v) is 6.89. The molecule has 0 spiro atoms. The first kappa shape index (κ1) is 16.2. The van der Waals surface area contributed by atoms with Gasteiger partial charge < -0.3 is 10.2 Å². The van der Waals surface area contributed by atoms with Gasteiger partial charge in [-0.15, -0.1) is 11.3 Å². The molecule has 1 aromatic heterocycles. The van der Waals surface area contributed by atoms with Crippen molar-refractivity contribution in [2.45, 2.75) is 6.92 Å². The number of carbonyl (C=O) groups is 1. The van der Waals surface area contributed by atoms with Crippen molar-refractivity contribution in [3.8, 4) is 0 Å². The van der Waals surface area contributed by atoms with Crippen LogP contribution in [0.15, 0.2) is 29.8 Å². The summed E-state index contributed by atoms with van der Waals surface area (Å²) in [6.07, 6.45) is 1.82. The lowest BCUT2D eigenvalue weighted by Crippen LogP contribution is -2.48. The fourth-order valence-corrected chi connectivity index (χ4v) is 3.56. The van der Waals surface area contributed by atoms with Gasteiger partial charge in [0, 0.05) is 37.8 Å². The summed E-state index contributed by atoms with van der Waals surface area (Å²) in [4.78, 5) is 20.9. The summed E-state index contributed by atoms with van der Waals surface area (Å²) >= 11 is 7.80. The van der Waals surface area contributed by atoms with E-state index in [1.165, 1.54) is 0 Å². The Bertz CT molecular complexity index is 669. The number of rotatable bonds is 4. The minimum atomic E-state index is -0.0292. The van der Waals surface area contributed by atoms with Crippen LogP contribution in [0.3, 0.4) is 0 Å². The van der Waals surface area contributed by atoms with Gasteiger partial charge in [0.15, 0.2) is 5.13 Å². The van der Waals surface area contributed by atoms with E-state index in [0.29, 0.717) is 17.3 Å². The first-order valence-corrected chi connectivity index (χ1v) is 8.80. The summed E-state index contributed by atoms with van der Waals surface area (Å²) < 4.78 is 0. The summed E-state index contributed by atoms with van der Waals surface area (Å²) in [6, 6.07) is 5.63. The zero-order chi connectivity index (χ0) is 16.2. The van der Waals surface area contributed by atoms with E-state index in [0.717, 1.165) is 36.9 Å². The van der Waals surface area contributed by atoms with Gasteiger partial charge in [0.25, 0.3) is 0 Å². The molecule has 122 valence electrons. The molecule has 7 heteroatoms. The average molecular weight is 351 g/mol. The molecular formula is C16H19ClN4OS. The molecule has 1 aliphatic heterocycles. The SMILES string of the molecule is Cc1ccc(NC(=O)CN2CCN(c3nccs3)CC2)c(Cl)c1. The number of thiazole rings is 1. The highest BCUT2D eigenvalue weighted by molar-refractivity contribution is 7.13. The molecule has 0 bridgehead atoms. The number of halogens is 1. The van der Waals surface area contributed by atoms with Gasteiger partial charge in [0.1, 0.15) is 0 Å². The van der Waals surface area contributed by atoms with Crippen molar-refractivity contribution >= 4 is 39.7 Å². The topological polar surface area (TPSA) is 48.5 Å². The zero-order valence-corrected chi connectivity index (χ0v) is 14.5. The average Bonchev–Trinajstić information content (AvgIpc) is 3.05. The highest BCUT2D eigenvalue weighted by atomic mass is 35.5. The molecule has 1 aromatic carbocycles. The smallest absolute Gasteiger partial charge is 0.238 e. The molecule has 0 aliphatic carbocycles. The molecule has 1 saturated heterocycles. The first-order valence-electron chi connectivity index (χ1n) is 7.54. The fourth-order valence-electron chi connectivity index (χ4n) is 2.58. The van der Waals surface area contributed by atoms with Crippen molar-refractivity contribution in [2.75, 3.05) is 42.9 Å². The fraction of sp³-hybridized carbons (Fsp3) is 0.375. The van der Waals surface area contributed by atoms with Crippen LogP contribution in [0.5, 0.6) is 0 Å².